The van der Waals surface area contributed by atoms with Gasteiger partial charge in [0, 0.05) is 58.4 Å². The maximum absolute atomic E-state index is 13.3. The molecular weight excluding hydrogens is 602 g/mol. The highest BCUT2D eigenvalue weighted by Crippen LogP contribution is 2.39. The SMILES string of the molecule is Cc1sc2c(c1C)C(c1ccc(Cl)cc1)=N[C@@H](CC(=O)NC1CC(NC(=O)/C=C/C(=O)N3CCOCC3)C1)c1nnc(C)n1-2. The minimum atomic E-state index is -0.550. The fraction of sp³-hybridized carbons (Fsp3) is 0.419. The molecule has 230 valence electrons. The van der Waals surface area contributed by atoms with Crippen LogP contribution < -0.4 is 10.6 Å². The van der Waals surface area contributed by atoms with Crippen LogP contribution in [0.15, 0.2) is 41.4 Å². The standard InChI is InChI=1S/C31H34ClN7O4S/c1-17-18(2)44-31-28(17)29(20-4-6-21(32)7-5-20)35-24(30-37-36-19(3)39(30)31)16-26(41)34-23-14-22(15-23)33-25(40)8-9-27(42)38-10-12-43-13-11-38/h4-9,22-24H,10-16H2,1-3H3,(H,33,40)(H,34,41)/b9-8+/t22?,23?,24-/m0/s1. The predicted molar refractivity (Wildman–Crippen MR) is 168 cm³/mol. The normalized spacial score (nSPS) is 21.1. The van der Waals surface area contributed by atoms with Gasteiger partial charge in [-0.1, -0.05) is 23.7 Å². The van der Waals surface area contributed by atoms with Gasteiger partial charge in [0.1, 0.15) is 16.9 Å². The highest BCUT2D eigenvalue weighted by molar-refractivity contribution is 7.15. The molecule has 2 fully saturated rings. The van der Waals surface area contributed by atoms with E-state index in [1.54, 1.807) is 16.2 Å². The molecule has 1 aliphatic carbocycles. The van der Waals surface area contributed by atoms with Crippen molar-refractivity contribution in [3.8, 4) is 5.00 Å². The van der Waals surface area contributed by atoms with Gasteiger partial charge in [0.05, 0.1) is 25.3 Å². The van der Waals surface area contributed by atoms with Gasteiger partial charge in [-0.25, -0.2) is 0 Å². The second-order valence-electron chi connectivity index (χ2n) is 11.3. The quantitative estimate of drug-likeness (QED) is 0.383. The van der Waals surface area contributed by atoms with Crippen LogP contribution in [0, 0.1) is 20.8 Å². The van der Waals surface area contributed by atoms with Crippen molar-refractivity contribution in [1.82, 2.24) is 30.3 Å². The lowest BCUT2D eigenvalue weighted by molar-refractivity contribution is -0.130. The zero-order valence-corrected chi connectivity index (χ0v) is 26.4. The Morgan fingerprint density at radius 3 is 2.45 bits per heavy atom. The number of ether oxygens (including phenoxy) is 1. The number of hydrogen-bond donors (Lipinski definition) is 2. The first-order chi connectivity index (χ1) is 21.2. The Morgan fingerprint density at radius 2 is 1.73 bits per heavy atom. The summed E-state index contributed by atoms with van der Waals surface area (Å²) in [5.41, 5.74) is 3.86. The number of halogens is 1. The number of carbonyl (C=O) groups excluding carboxylic acids is 3. The van der Waals surface area contributed by atoms with Crippen molar-refractivity contribution >= 4 is 46.4 Å². The van der Waals surface area contributed by atoms with Crippen LogP contribution in [0.25, 0.3) is 5.00 Å². The highest BCUT2D eigenvalue weighted by atomic mass is 35.5. The number of aryl methyl sites for hydroxylation is 2. The lowest BCUT2D eigenvalue weighted by atomic mass is 9.86. The first-order valence-electron chi connectivity index (χ1n) is 14.7. The lowest BCUT2D eigenvalue weighted by Gasteiger charge is -2.36. The van der Waals surface area contributed by atoms with Crippen LogP contribution in [0.2, 0.25) is 5.02 Å². The highest BCUT2D eigenvalue weighted by Gasteiger charge is 2.35. The summed E-state index contributed by atoms with van der Waals surface area (Å²) in [6.45, 7) is 8.15. The number of nitrogens with one attached hydrogen (secondary N) is 2. The molecule has 0 unspecified atom stereocenters. The summed E-state index contributed by atoms with van der Waals surface area (Å²) in [6.07, 6.45) is 3.89. The predicted octanol–water partition coefficient (Wildman–Crippen LogP) is 3.37. The van der Waals surface area contributed by atoms with E-state index in [0.29, 0.717) is 50.0 Å². The number of aliphatic imine (C=N–C) groups is 1. The Kier molecular flexibility index (Phi) is 8.66. The summed E-state index contributed by atoms with van der Waals surface area (Å²) >= 11 is 7.86. The van der Waals surface area contributed by atoms with Gasteiger partial charge in [-0.05, 0) is 51.3 Å². The molecule has 0 radical (unpaired) electrons. The molecule has 1 saturated carbocycles. The van der Waals surface area contributed by atoms with Crippen LogP contribution in [0.3, 0.4) is 0 Å². The maximum atomic E-state index is 13.3. The number of thiophene rings is 1. The van der Waals surface area contributed by atoms with E-state index in [2.05, 4.69) is 34.7 Å². The summed E-state index contributed by atoms with van der Waals surface area (Å²) in [5.74, 6) is 0.691. The van der Waals surface area contributed by atoms with E-state index in [1.807, 2.05) is 35.8 Å². The molecule has 3 amide bonds. The van der Waals surface area contributed by atoms with Crippen molar-refractivity contribution in [2.24, 2.45) is 4.99 Å². The smallest absolute Gasteiger partial charge is 0.246 e. The Balaban J connectivity index is 1.12. The molecule has 13 heteroatoms. The van der Waals surface area contributed by atoms with Gasteiger partial charge in [0.15, 0.2) is 5.82 Å². The fourth-order valence-corrected chi connectivity index (χ4v) is 7.07. The summed E-state index contributed by atoms with van der Waals surface area (Å²) in [5, 5.41) is 16.4. The van der Waals surface area contributed by atoms with Crippen LogP contribution in [-0.4, -0.2) is 81.5 Å². The van der Waals surface area contributed by atoms with Crippen LogP contribution >= 0.6 is 22.9 Å². The van der Waals surface area contributed by atoms with Gasteiger partial charge < -0.3 is 20.3 Å². The zero-order chi connectivity index (χ0) is 31.0. The molecule has 6 rings (SSSR count). The van der Waals surface area contributed by atoms with E-state index in [-0.39, 0.29) is 36.2 Å². The van der Waals surface area contributed by atoms with Gasteiger partial charge >= 0.3 is 0 Å². The van der Waals surface area contributed by atoms with Crippen molar-refractivity contribution < 1.29 is 19.1 Å². The molecule has 2 N–H and O–H groups in total. The molecule has 0 bridgehead atoms. The van der Waals surface area contributed by atoms with Gasteiger partial charge in [-0.15, -0.1) is 21.5 Å². The summed E-state index contributed by atoms with van der Waals surface area (Å²) < 4.78 is 7.28. The second-order valence-corrected chi connectivity index (χ2v) is 13.0. The number of morpholine rings is 1. The van der Waals surface area contributed by atoms with Crippen LogP contribution in [-0.2, 0) is 19.1 Å². The molecule has 0 spiro atoms. The van der Waals surface area contributed by atoms with Crippen molar-refractivity contribution in [2.75, 3.05) is 26.3 Å². The number of fused-ring (bicyclic) bond motifs is 3. The fourth-order valence-electron chi connectivity index (χ4n) is 5.73. The average Bonchev–Trinajstić information content (AvgIpc) is 3.47. The number of nitrogens with zero attached hydrogens (tertiary/aromatic N) is 5. The second kappa shape index (κ2) is 12.6. The molecule has 3 aliphatic rings. The van der Waals surface area contributed by atoms with Gasteiger partial charge in [-0.2, -0.15) is 0 Å². The van der Waals surface area contributed by atoms with Gasteiger partial charge in [-0.3, -0.25) is 23.9 Å². The van der Waals surface area contributed by atoms with E-state index in [4.69, 9.17) is 21.3 Å². The van der Waals surface area contributed by atoms with E-state index in [9.17, 15) is 14.4 Å². The first kappa shape index (κ1) is 30.2. The van der Waals surface area contributed by atoms with Crippen molar-refractivity contribution in [3.05, 3.63) is 74.7 Å². The average molecular weight is 636 g/mol. The van der Waals surface area contributed by atoms with Crippen LogP contribution in [0.1, 0.15) is 58.5 Å². The van der Waals surface area contributed by atoms with E-state index in [1.165, 1.54) is 17.0 Å². The Hall–Kier alpha value is -3.87. The summed E-state index contributed by atoms with van der Waals surface area (Å²) in [4.78, 5) is 45.9. The molecule has 3 aromatic rings. The van der Waals surface area contributed by atoms with Gasteiger partial charge in [0.2, 0.25) is 17.7 Å². The molecule has 1 saturated heterocycles. The van der Waals surface area contributed by atoms with Gasteiger partial charge in [0.25, 0.3) is 0 Å². The molecule has 11 nitrogen and oxygen atoms in total. The Morgan fingerprint density at radius 1 is 1.02 bits per heavy atom. The maximum Gasteiger partial charge on any atom is 0.246 e. The van der Waals surface area contributed by atoms with Crippen molar-refractivity contribution in [1.29, 1.82) is 0 Å². The Bertz CT molecular complexity index is 1650. The molecule has 1 aromatic carbocycles. The van der Waals surface area contributed by atoms with E-state index >= 15 is 0 Å². The minimum Gasteiger partial charge on any atom is -0.378 e. The Labute approximate surface area is 264 Å². The minimum absolute atomic E-state index is 0.0663. The monoisotopic (exact) mass is 635 g/mol. The number of aromatic nitrogens is 3. The first-order valence-corrected chi connectivity index (χ1v) is 15.9. The third kappa shape index (κ3) is 6.19. The molecular formula is C31H34ClN7O4S. The number of amides is 3. The number of carbonyl (C=O) groups is 3. The third-order valence-corrected chi connectivity index (χ3v) is 9.73. The number of benzene rings is 1. The summed E-state index contributed by atoms with van der Waals surface area (Å²) in [7, 11) is 0. The molecule has 44 heavy (non-hydrogen) atoms. The molecule has 1 atom stereocenters. The number of hydrogen-bond acceptors (Lipinski definition) is 8. The largest absolute Gasteiger partial charge is 0.378 e. The molecule has 2 aliphatic heterocycles. The van der Waals surface area contributed by atoms with Crippen molar-refractivity contribution in [2.45, 2.75) is 58.2 Å². The van der Waals surface area contributed by atoms with E-state index < -0.39 is 6.04 Å². The number of rotatable bonds is 7. The van der Waals surface area contributed by atoms with E-state index in [0.717, 1.165) is 33.2 Å². The summed E-state index contributed by atoms with van der Waals surface area (Å²) in [6, 6.07) is 6.89. The molecule has 2 aromatic heterocycles. The lowest BCUT2D eigenvalue weighted by Crippen LogP contribution is -2.53. The van der Waals surface area contributed by atoms with Crippen LogP contribution in [0.5, 0.6) is 0 Å². The molecule has 4 heterocycles. The van der Waals surface area contributed by atoms with Crippen LogP contribution in [0.4, 0.5) is 0 Å². The van der Waals surface area contributed by atoms with Crippen molar-refractivity contribution in [3.63, 3.8) is 0 Å². The zero-order valence-electron chi connectivity index (χ0n) is 24.8. The topological polar surface area (TPSA) is 131 Å². The third-order valence-electron chi connectivity index (χ3n) is 8.29.